The minimum Gasteiger partial charge on any atom is -0.354 e. The lowest BCUT2D eigenvalue weighted by atomic mass is 10.1. The number of para-hydroxylation sites is 1. The van der Waals surface area contributed by atoms with Gasteiger partial charge in [0, 0.05) is 37.2 Å². The number of amides is 2. The molecule has 0 aliphatic rings. The lowest BCUT2D eigenvalue weighted by molar-refractivity contribution is -0.140. The van der Waals surface area contributed by atoms with E-state index in [2.05, 4.69) is 5.32 Å². The second-order valence-electron chi connectivity index (χ2n) is 8.22. The minimum absolute atomic E-state index is 0.0833. The van der Waals surface area contributed by atoms with Crippen molar-refractivity contribution >= 4 is 50.9 Å². The molecule has 2 aromatic rings. The molecule has 2 amide bonds. The molecule has 0 aromatic heterocycles. The molecule has 12 heteroatoms. The first-order chi connectivity index (χ1) is 16.9. The van der Waals surface area contributed by atoms with Crippen LogP contribution in [0.3, 0.4) is 0 Å². The summed E-state index contributed by atoms with van der Waals surface area (Å²) in [4.78, 5) is 27.9. The van der Waals surface area contributed by atoms with Gasteiger partial charge in [-0.05, 0) is 42.7 Å². The van der Waals surface area contributed by atoms with Crippen molar-refractivity contribution < 1.29 is 22.4 Å². The lowest BCUT2D eigenvalue weighted by Gasteiger charge is -2.34. The van der Waals surface area contributed by atoms with Gasteiger partial charge < -0.3 is 10.2 Å². The molecule has 0 saturated heterocycles. The summed E-state index contributed by atoms with van der Waals surface area (Å²) in [5.74, 6) is -1.89. The van der Waals surface area contributed by atoms with Gasteiger partial charge in [0.15, 0.2) is 0 Å². The van der Waals surface area contributed by atoms with E-state index < -0.39 is 34.5 Å². The third kappa shape index (κ3) is 7.32. The predicted molar refractivity (Wildman–Crippen MR) is 141 cm³/mol. The van der Waals surface area contributed by atoms with Crippen molar-refractivity contribution in [1.29, 1.82) is 0 Å². The van der Waals surface area contributed by atoms with Gasteiger partial charge in [-0.15, -0.1) is 0 Å². The summed E-state index contributed by atoms with van der Waals surface area (Å²) in [6, 6.07) is 9.10. The Kier molecular flexibility index (Phi) is 11.0. The van der Waals surface area contributed by atoms with Crippen LogP contribution in [0.1, 0.15) is 32.3 Å². The molecule has 0 radical (unpaired) electrons. The smallest absolute Gasteiger partial charge is 0.304 e. The average molecular weight is 562 g/mol. The molecule has 2 aromatic carbocycles. The molecule has 0 unspecified atom stereocenters. The Morgan fingerprint density at radius 2 is 1.75 bits per heavy atom. The number of carbonyl (C=O) groups is 2. The van der Waals surface area contributed by atoms with Crippen LogP contribution in [-0.4, -0.2) is 62.7 Å². The highest BCUT2D eigenvalue weighted by molar-refractivity contribution is 7.90. The van der Waals surface area contributed by atoms with Gasteiger partial charge in [0.05, 0.1) is 5.69 Å². The molecular formula is C24H31Cl2FN4O4S. The summed E-state index contributed by atoms with van der Waals surface area (Å²) in [7, 11) is -1.69. The van der Waals surface area contributed by atoms with Crippen molar-refractivity contribution in [2.75, 3.05) is 31.5 Å². The summed E-state index contributed by atoms with van der Waals surface area (Å²) < 4.78 is 42.5. The van der Waals surface area contributed by atoms with Crippen LogP contribution in [0.4, 0.5) is 10.1 Å². The third-order valence-corrected chi connectivity index (χ3v) is 7.82. The van der Waals surface area contributed by atoms with E-state index in [4.69, 9.17) is 23.2 Å². The molecule has 8 nitrogen and oxygen atoms in total. The maximum atomic E-state index is 14.7. The fourth-order valence-corrected chi connectivity index (χ4v) is 5.01. The highest BCUT2D eigenvalue weighted by atomic mass is 35.5. The number of nitrogens with one attached hydrogen (secondary N) is 1. The first-order valence-corrected chi connectivity index (χ1v) is 13.5. The number of hydrogen-bond acceptors (Lipinski definition) is 4. The Morgan fingerprint density at radius 1 is 1.08 bits per heavy atom. The van der Waals surface area contributed by atoms with Crippen LogP contribution < -0.4 is 9.62 Å². The quantitative estimate of drug-likeness (QED) is 0.423. The standard InChI is InChI=1S/C24H31Cl2FN4O4S/c1-5-13-28-24(33)21(6-2)30(15-17-11-12-18(25)14-19(17)26)23(32)16-31(36(34,35)29(3)4)22-10-8-7-9-20(22)27/h7-12,14,21H,5-6,13,15-16H2,1-4H3,(H,28,33)/t21-/m0/s1. The van der Waals surface area contributed by atoms with E-state index in [1.165, 1.54) is 43.3 Å². The highest BCUT2D eigenvalue weighted by Crippen LogP contribution is 2.26. The monoisotopic (exact) mass is 560 g/mol. The van der Waals surface area contributed by atoms with E-state index in [1.54, 1.807) is 19.1 Å². The Labute approximate surface area is 222 Å². The van der Waals surface area contributed by atoms with Crippen molar-refractivity contribution in [2.24, 2.45) is 0 Å². The molecule has 0 aliphatic heterocycles. The van der Waals surface area contributed by atoms with Crippen molar-refractivity contribution in [3.8, 4) is 0 Å². The molecule has 1 atom stereocenters. The Hall–Kier alpha value is -2.40. The van der Waals surface area contributed by atoms with Crippen LogP contribution in [0, 0.1) is 5.82 Å². The van der Waals surface area contributed by atoms with E-state index >= 15 is 0 Å². The van der Waals surface area contributed by atoms with Gasteiger partial charge in [0.2, 0.25) is 11.8 Å². The van der Waals surface area contributed by atoms with Crippen LogP contribution in [0.25, 0.3) is 0 Å². The molecule has 0 spiro atoms. The number of rotatable bonds is 12. The van der Waals surface area contributed by atoms with Gasteiger partial charge >= 0.3 is 10.2 Å². The molecule has 0 saturated carbocycles. The number of carbonyl (C=O) groups excluding carboxylic acids is 2. The molecule has 0 fully saturated rings. The maximum Gasteiger partial charge on any atom is 0.304 e. The maximum absolute atomic E-state index is 14.7. The van der Waals surface area contributed by atoms with Crippen LogP contribution in [-0.2, 0) is 26.3 Å². The van der Waals surface area contributed by atoms with Crippen LogP contribution >= 0.6 is 23.2 Å². The summed E-state index contributed by atoms with van der Waals surface area (Å²) >= 11 is 12.3. The van der Waals surface area contributed by atoms with Crippen molar-refractivity contribution in [1.82, 2.24) is 14.5 Å². The molecule has 0 aliphatic carbocycles. The number of hydrogen-bond donors (Lipinski definition) is 1. The lowest BCUT2D eigenvalue weighted by Crippen LogP contribution is -2.53. The number of nitrogens with zero attached hydrogens (tertiary/aromatic N) is 3. The topological polar surface area (TPSA) is 90.0 Å². The van der Waals surface area contributed by atoms with E-state index in [0.717, 1.165) is 10.4 Å². The molecule has 198 valence electrons. The molecule has 36 heavy (non-hydrogen) atoms. The van der Waals surface area contributed by atoms with Crippen LogP contribution in [0.5, 0.6) is 0 Å². The van der Waals surface area contributed by atoms with Gasteiger partial charge in [-0.1, -0.05) is 55.2 Å². The fraction of sp³-hybridized carbons (Fsp3) is 0.417. The first kappa shape index (κ1) is 29.8. The Morgan fingerprint density at radius 3 is 2.31 bits per heavy atom. The Balaban J connectivity index is 2.54. The van der Waals surface area contributed by atoms with Gasteiger partial charge in [-0.2, -0.15) is 12.7 Å². The van der Waals surface area contributed by atoms with Gasteiger partial charge in [0.1, 0.15) is 18.4 Å². The zero-order valence-electron chi connectivity index (χ0n) is 20.7. The van der Waals surface area contributed by atoms with Gasteiger partial charge in [-0.25, -0.2) is 8.70 Å². The largest absolute Gasteiger partial charge is 0.354 e. The van der Waals surface area contributed by atoms with Crippen molar-refractivity contribution in [3.05, 3.63) is 63.9 Å². The second-order valence-corrected chi connectivity index (χ2v) is 11.1. The summed E-state index contributed by atoms with van der Waals surface area (Å²) in [6.07, 6.45) is 0.952. The summed E-state index contributed by atoms with van der Waals surface area (Å²) in [5, 5.41) is 3.47. The normalized spacial score (nSPS) is 12.3. The van der Waals surface area contributed by atoms with E-state index in [-0.39, 0.29) is 29.6 Å². The molecule has 1 N–H and O–H groups in total. The third-order valence-electron chi connectivity index (χ3n) is 5.43. The van der Waals surface area contributed by atoms with E-state index in [9.17, 15) is 22.4 Å². The highest BCUT2D eigenvalue weighted by Gasteiger charge is 2.34. The first-order valence-electron chi connectivity index (χ1n) is 11.4. The average Bonchev–Trinajstić information content (AvgIpc) is 2.82. The zero-order valence-corrected chi connectivity index (χ0v) is 23.0. The van der Waals surface area contributed by atoms with Crippen LogP contribution in [0.15, 0.2) is 42.5 Å². The second kappa shape index (κ2) is 13.2. The molecule has 0 bridgehead atoms. The number of benzene rings is 2. The molecule has 2 rings (SSSR count). The summed E-state index contributed by atoms with van der Waals surface area (Å²) in [6.45, 7) is 3.24. The molecule has 0 heterocycles. The predicted octanol–water partition coefficient (Wildman–Crippen LogP) is 4.08. The molecular weight excluding hydrogens is 530 g/mol. The summed E-state index contributed by atoms with van der Waals surface area (Å²) in [5.41, 5.74) is 0.233. The van der Waals surface area contributed by atoms with Crippen molar-refractivity contribution in [2.45, 2.75) is 39.3 Å². The van der Waals surface area contributed by atoms with Gasteiger partial charge in [-0.3, -0.25) is 9.59 Å². The Bertz CT molecular complexity index is 1180. The SMILES string of the molecule is CCCNC(=O)[C@H](CC)N(Cc1ccc(Cl)cc1Cl)C(=O)CN(c1ccccc1F)S(=O)(=O)N(C)C. The van der Waals surface area contributed by atoms with E-state index in [0.29, 0.717) is 27.9 Å². The van der Waals surface area contributed by atoms with Gasteiger partial charge in [0.25, 0.3) is 0 Å². The minimum atomic E-state index is -4.26. The van der Waals surface area contributed by atoms with Crippen LogP contribution in [0.2, 0.25) is 10.0 Å². The number of anilines is 1. The fourth-order valence-electron chi connectivity index (χ4n) is 3.47. The van der Waals surface area contributed by atoms with Crippen molar-refractivity contribution in [3.63, 3.8) is 0 Å². The zero-order chi connectivity index (χ0) is 27.0. The number of halogens is 3. The van der Waals surface area contributed by atoms with E-state index in [1.807, 2.05) is 6.92 Å².